The standard InChI is InChI=1S/C7H9ClN2OS/c8-7-4(1-2-12-7)5(9)3-6(10)11/h1-2,5H,3,9H2,(H2,10,11)/t5-/m0/s1. The Morgan fingerprint density at radius 2 is 2.42 bits per heavy atom. The van der Waals surface area contributed by atoms with Gasteiger partial charge in [-0.3, -0.25) is 4.79 Å². The zero-order valence-electron chi connectivity index (χ0n) is 6.29. The highest BCUT2D eigenvalue weighted by Crippen LogP contribution is 2.28. The van der Waals surface area contributed by atoms with E-state index in [0.717, 1.165) is 5.56 Å². The first-order chi connectivity index (χ1) is 5.61. The van der Waals surface area contributed by atoms with Crippen molar-refractivity contribution in [3.63, 3.8) is 0 Å². The van der Waals surface area contributed by atoms with Gasteiger partial charge in [0.15, 0.2) is 0 Å². The fraction of sp³-hybridized carbons (Fsp3) is 0.286. The average molecular weight is 205 g/mol. The summed E-state index contributed by atoms with van der Waals surface area (Å²) >= 11 is 7.20. The first-order valence-electron chi connectivity index (χ1n) is 3.38. The third kappa shape index (κ3) is 2.20. The molecule has 0 spiro atoms. The maximum absolute atomic E-state index is 10.5. The number of primary amides is 1. The molecule has 0 aromatic carbocycles. The Morgan fingerprint density at radius 3 is 2.83 bits per heavy atom. The van der Waals surface area contributed by atoms with Gasteiger partial charge >= 0.3 is 0 Å². The normalized spacial score (nSPS) is 12.8. The van der Waals surface area contributed by atoms with Gasteiger partial charge in [-0.2, -0.15) is 0 Å². The molecule has 1 rings (SSSR count). The largest absolute Gasteiger partial charge is 0.370 e. The molecular weight excluding hydrogens is 196 g/mol. The van der Waals surface area contributed by atoms with E-state index in [1.54, 1.807) is 6.07 Å². The lowest BCUT2D eigenvalue weighted by Crippen LogP contribution is -2.20. The summed E-state index contributed by atoms with van der Waals surface area (Å²) < 4.78 is 0.628. The predicted molar refractivity (Wildman–Crippen MR) is 50.1 cm³/mol. The van der Waals surface area contributed by atoms with Crippen LogP contribution in [-0.2, 0) is 4.79 Å². The third-order valence-corrected chi connectivity index (χ3v) is 2.67. The summed E-state index contributed by atoms with van der Waals surface area (Å²) in [5.74, 6) is -0.412. The van der Waals surface area contributed by atoms with Crippen LogP contribution in [0.25, 0.3) is 0 Å². The third-order valence-electron chi connectivity index (χ3n) is 1.47. The highest BCUT2D eigenvalue weighted by atomic mass is 35.5. The van der Waals surface area contributed by atoms with Crippen LogP contribution in [0.1, 0.15) is 18.0 Å². The molecule has 0 fully saturated rings. The van der Waals surface area contributed by atoms with Gasteiger partial charge < -0.3 is 11.5 Å². The van der Waals surface area contributed by atoms with Crippen molar-refractivity contribution >= 4 is 28.8 Å². The van der Waals surface area contributed by atoms with Crippen LogP contribution in [0.3, 0.4) is 0 Å². The van der Waals surface area contributed by atoms with Gasteiger partial charge in [0.2, 0.25) is 5.91 Å². The number of halogens is 1. The number of hydrogen-bond acceptors (Lipinski definition) is 3. The number of thiophene rings is 1. The fourth-order valence-corrected chi connectivity index (χ4v) is 1.94. The second-order valence-corrected chi connectivity index (χ2v) is 3.94. The summed E-state index contributed by atoms with van der Waals surface area (Å²) in [5.41, 5.74) is 11.4. The van der Waals surface area contributed by atoms with Crippen molar-refractivity contribution in [1.29, 1.82) is 0 Å². The molecule has 0 bridgehead atoms. The van der Waals surface area contributed by atoms with Gasteiger partial charge in [-0.05, 0) is 17.0 Å². The van der Waals surface area contributed by atoms with E-state index < -0.39 is 5.91 Å². The lowest BCUT2D eigenvalue weighted by Gasteiger charge is -2.06. The molecule has 1 heterocycles. The molecule has 3 nitrogen and oxygen atoms in total. The zero-order valence-corrected chi connectivity index (χ0v) is 7.86. The maximum Gasteiger partial charge on any atom is 0.219 e. The molecule has 1 amide bonds. The number of carbonyl (C=O) groups is 1. The second-order valence-electron chi connectivity index (χ2n) is 2.43. The smallest absolute Gasteiger partial charge is 0.219 e. The van der Waals surface area contributed by atoms with Gasteiger partial charge in [0.1, 0.15) is 0 Å². The number of carbonyl (C=O) groups excluding carboxylic acids is 1. The molecular formula is C7H9ClN2OS. The summed E-state index contributed by atoms with van der Waals surface area (Å²) in [6.45, 7) is 0. The van der Waals surface area contributed by atoms with Crippen molar-refractivity contribution in [2.75, 3.05) is 0 Å². The van der Waals surface area contributed by atoms with E-state index in [0.29, 0.717) is 4.34 Å². The Kier molecular flexibility index (Phi) is 3.08. The molecule has 5 heteroatoms. The first-order valence-corrected chi connectivity index (χ1v) is 4.64. The van der Waals surface area contributed by atoms with E-state index in [1.165, 1.54) is 11.3 Å². The molecule has 0 aliphatic carbocycles. The van der Waals surface area contributed by atoms with Gasteiger partial charge in [-0.15, -0.1) is 11.3 Å². The minimum absolute atomic E-state index is 0.135. The summed E-state index contributed by atoms with van der Waals surface area (Å²) in [7, 11) is 0. The van der Waals surface area contributed by atoms with Gasteiger partial charge in [0, 0.05) is 12.5 Å². The van der Waals surface area contributed by atoms with Gasteiger partial charge in [-0.1, -0.05) is 11.6 Å². The second kappa shape index (κ2) is 3.89. The van der Waals surface area contributed by atoms with Crippen LogP contribution in [0.2, 0.25) is 4.34 Å². The molecule has 0 saturated heterocycles. The van der Waals surface area contributed by atoms with Crippen molar-refractivity contribution in [3.05, 3.63) is 21.3 Å². The molecule has 0 unspecified atom stereocenters. The van der Waals surface area contributed by atoms with Crippen molar-refractivity contribution in [3.8, 4) is 0 Å². The van der Waals surface area contributed by atoms with Crippen molar-refractivity contribution in [2.45, 2.75) is 12.5 Å². The molecule has 0 radical (unpaired) electrons. The molecule has 4 N–H and O–H groups in total. The number of amides is 1. The molecule has 0 aliphatic rings. The SMILES string of the molecule is NC(=O)C[C@H](N)c1ccsc1Cl. The summed E-state index contributed by atoms with van der Waals surface area (Å²) in [6.07, 6.45) is 0.135. The average Bonchev–Trinajstić information content (AvgIpc) is 2.33. The van der Waals surface area contributed by atoms with Crippen LogP contribution >= 0.6 is 22.9 Å². The quantitative estimate of drug-likeness (QED) is 0.779. The van der Waals surface area contributed by atoms with Crippen LogP contribution in [-0.4, -0.2) is 5.91 Å². The molecule has 12 heavy (non-hydrogen) atoms. The van der Waals surface area contributed by atoms with E-state index in [9.17, 15) is 4.79 Å². The van der Waals surface area contributed by atoms with Gasteiger partial charge in [0.05, 0.1) is 4.34 Å². The molecule has 0 aliphatic heterocycles. The topological polar surface area (TPSA) is 69.1 Å². The Balaban J connectivity index is 2.71. The number of rotatable bonds is 3. The minimum atomic E-state index is -0.412. The van der Waals surface area contributed by atoms with Gasteiger partial charge in [-0.25, -0.2) is 0 Å². The number of nitrogens with two attached hydrogens (primary N) is 2. The predicted octanol–water partition coefficient (Wildman–Crippen LogP) is 1.28. The highest BCUT2D eigenvalue weighted by Gasteiger charge is 2.12. The van der Waals surface area contributed by atoms with Crippen molar-refractivity contribution in [1.82, 2.24) is 0 Å². The summed E-state index contributed by atoms with van der Waals surface area (Å²) in [5, 5.41) is 1.83. The first kappa shape index (κ1) is 9.51. The molecule has 1 aromatic heterocycles. The van der Waals surface area contributed by atoms with Crippen molar-refractivity contribution in [2.24, 2.45) is 11.5 Å². The maximum atomic E-state index is 10.5. The van der Waals surface area contributed by atoms with E-state index >= 15 is 0 Å². The van der Waals surface area contributed by atoms with Crippen molar-refractivity contribution < 1.29 is 4.79 Å². The van der Waals surface area contributed by atoms with Crippen LogP contribution in [0.15, 0.2) is 11.4 Å². The molecule has 1 aromatic rings. The lowest BCUT2D eigenvalue weighted by atomic mass is 10.1. The Hall–Kier alpha value is -0.580. The van der Waals surface area contributed by atoms with E-state index in [-0.39, 0.29) is 12.5 Å². The summed E-state index contributed by atoms with van der Waals surface area (Å²) in [6, 6.07) is 1.43. The Bertz CT molecular complexity index is 287. The number of hydrogen-bond donors (Lipinski definition) is 2. The molecule has 0 saturated carbocycles. The van der Waals surface area contributed by atoms with Crippen LogP contribution in [0.5, 0.6) is 0 Å². The van der Waals surface area contributed by atoms with E-state index in [2.05, 4.69) is 0 Å². The van der Waals surface area contributed by atoms with Crippen LogP contribution < -0.4 is 11.5 Å². The zero-order chi connectivity index (χ0) is 9.14. The lowest BCUT2D eigenvalue weighted by molar-refractivity contribution is -0.118. The summed E-state index contributed by atoms with van der Waals surface area (Å²) in [4.78, 5) is 10.5. The Labute approximate surface area is 79.3 Å². The van der Waals surface area contributed by atoms with Gasteiger partial charge in [0.25, 0.3) is 0 Å². The van der Waals surface area contributed by atoms with E-state index in [4.69, 9.17) is 23.1 Å². The molecule has 1 atom stereocenters. The Morgan fingerprint density at radius 1 is 1.75 bits per heavy atom. The monoisotopic (exact) mass is 204 g/mol. The fourth-order valence-electron chi connectivity index (χ4n) is 0.897. The van der Waals surface area contributed by atoms with Crippen LogP contribution in [0.4, 0.5) is 0 Å². The van der Waals surface area contributed by atoms with E-state index in [1.807, 2.05) is 5.38 Å². The highest BCUT2D eigenvalue weighted by molar-refractivity contribution is 7.14. The molecule has 66 valence electrons. The van der Waals surface area contributed by atoms with Crippen LogP contribution in [0, 0.1) is 0 Å². The minimum Gasteiger partial charge on any atom is -0.370 e.